The number of nitrogens with one attached hydrogen (secondary N) is 1. The number of hydrogen-bond acceptors (Lipinski definition) is 3. The summed E-state index contributed by atoms with van der Waals surface area (Å²) in [5.74, 6) is 0.723. The lowest BCUT2D eigenvalue weighted by atomic mass is 9.87. The van der Waals surface area contributed by atoms with Gasteiger partial charge in [0.1, 0.15) is 5.69 Å². The highest BCUT2D eigenvalue weighted by molar-refractivity contribution is 7.13. The molecule has 0 aliphatic carbocycles. The SMILES string of the molecule is c1csc(-c2n[nH]c3c2N2CCC3CC2)c1. The fourth-order valence-corrected chi connectivity index (χ4v) is 3.65. The van der Waals surface area contributed by atoms with Crippen molar-refractivity contribution >= 4 is 17.0 Å². The van der Waals surface area contributed by atoms with Gasteiger partial charge in [0, 0.05) is 19.0 Å². The quantitative estimate of drug-likeness (QED) is 0.818. The number of hydrogen-bond donors (Lipinski definition) is 1. The van der Waals surface area contributed by atoms with Crippen LogP contribution in [0, 0.1) is 0 Å². The Kier molecular flexibility index (Phi) is 1.71. The van der Waals surface area contributed by atoms with E-state index in [-0.39, 0.29) is 0 Å². The lowest BCUT2D eigenvalue weighted by molar-refractivity contribution is 0.466. The molecule has 2 aromatic rings. The van der Waals surface area contributed by atoms with Crippen LogP contribution in [-0.2, 0) is 0 Å². The van der Waals surface area contributed by atoms with Gasteiger partial charge in [0.2, 0.25) is 0 Å². The van der Waals surface area contributed by atoms with Gasteiger partial charge in [-0.3, -0.25) is 5.10 Å². The molecule has 4 heteroatoms. The van der Waals surface area contributed by atoms with Crippen molar-refractivity contribution in [2.75, 3.05) is 18.0 Å². The summed E-state index contributed by atoms with van der Waals surface area (Å²) in [7, 11) is 0. The first-order valence-electron chi connectivity index (χ1n) is 5.80. The third-order valence-electron chi connectivity index (χ3n) is 3.74. The van der Waals surface area contributed by atoms with Crippen molar-refractivity contribution in [3.8, 4) is 10.6 Å². The van der Waals surface area contributed by atoms with E-state index in [1.165, 1.54) is 42.2 Å². The Morgan fingerprint density at radius 1 is 1.38 bits per heavy atom. The molecule has 3 aliphatic rings. The molecule has 16 heavy (non-hydrogen) atoms. The standard InChI is InChI=1S/C12H13N3S/c1-2-9(16-7-1)11-12-10(13-14-11)8-3-5-15(12)6-4-8/h1-2,7-8H,3-6H2,(H,13,14). The van der Waals surface area contributed by atoms with E-state index in [1.807, 2.05) is 0 Å². The molecule has 0 amide bonds. The van der Waals surface area contributed by atoms with Crippen LogP contribution in [0.5, 0.6) is 0 Å². The predicted molar refractivity (Wildman–Crippen MR) is 66.1 cm³/mol. The molecule has 0 atom stereocenters. The largest absolute Gasteiger partial charge is 0.368 e. The third-order valence-corrected chi connectivity index (χ3v) is 4.62. The van der Waals surface area contributed by atoms with Crippen LogP contribution in [0.2, 0.25) is 0 Å². The molecule has 82 valence electrons. The molecule has 3 nitrogen and oxygen atoms in total. The minimum absolute atomic E-state index is 0.723. The van der Waals surface area contributed by atoms with E-state index in [9.17, 15) is 0 Å². The van der Waals surface area contributed by atoms with Crippen LogP contribution < -0.4 is 4.90 Å². The fraction of sp³-hybridized carbons (Fsp3) is 0.417. The molecular weight excluding hydrogens is 218 g/mol. The topological polar surface area (TPSA) is 31.9 Å². The first-order chi connectivity index (χ1) is 7.93. The minimum atomic E-state index is 0.723. The Morgan fingerprint density at radius 3 is 3.00 bits per heavy atom. The lowest BCUT2D eigenvalue weighted by Gasteiger charge is -2.39. The number of fused-ring (bicyclic) bond motifs is 2. The first kappa shape index (κ1) is 8.82. The summed E-state index contributed by atoms with van der Waals surface area (Å²) in [6, 6.07) is 4.25. The summed E-state index contributed by atoms with van der Waals surface area (Å²) >= 11 is 1.77. The molecule has 5 heterocycles. The highest BCUT2D eigenvalue weighted by atomic mass is 32.1. The highest BCUT2D eigenvalue weighted by Gasteiger charge is 2.35. The van der Waals surface area contributed by atoms with Crippen LogP contribution in [0.25, 0.3) is 10.6 Å². The molecule has 1 fully saturated rings. The zero-order chi connectivity index (χ0) is 10.5. The number of thiophene rings is 1. The van der Waals surface area contributed by atoms with E-state index in [0.717, 1.165) is 11.6 Å². The van der Waals surface area contributed by atoms with Gasteiger partial charge in [-0.15, -0.1) is 11.3 Å². The summed E-state index contributed by atoms with van der Waals surface area (Å²) < 4.78 is 0. The second-order valence-electron chi connectivity index (χ2n) is 4.57. The Morgan fingerprint density at radius 2 is 2.25 bits per heavy atom. The van der Waals surface area contributed by atoms with Crippen LogP contribution in [-0.4, -0.2) is 23.3 Å². The Labute approximate surface area is 98.1 Å². The smallest absolute Gasteiger partial charge is 0.126 e. The molecule has 0 spiro atoms. The van der Waals surface area contributed by atoms with Crippen molar-refractivity contribution in [1.29, 1.82) is 0 Å². The van der Waals surface area contributed by atoms with Crippen LogP contribution in [0.4, 0.5) is 5.69 Å². The van der Waals surface area contributed by atoms with Crippen LogP contribution in [0.1, 0.15) is 24.5 Å². The number of aromatic amines is 1. The summed E-state index contributed by atoms with van der Waals surface area (Å²) in [5, 5.41) is 9.90. The number of piperidine rings is 1. The molecule has 2 bridgehead atoms. The molecule has 0 unspecified atom stereocenters. The monoisotopic (exact) mass is 231 g/mol. The Hall–Kier alpha value is -1.29. The maximum Gasteiger partial charge on any atom is 0.126 e. The second-order valence-corrected chi connectivity index (χ2v) is 5.52. The Bertz CT molecular complexity index is 506. The van der Waals surface area contributed by atoms with E-state index in [2.05, 4.69) is 32.6 Å². The van der Waals surface area contributed by atoms with E-state index < -0.39 is 0 Å². The molecule has 2 aromatic heterocycles. The average molecular weight is 231 g/mol. The lowest BCUT2D eigenvalue weighted by Crippen LogP contribution is -2.38. The van der Waals surface area contributed by atoms with E-state index in [0.29, 0.717) is 0 Å². The zero-order valence-corrected chi connectivity index (χ0v) is 9.76. The summed E-state index contributed by atoms with van der Waals surface area (Å²) in [4.78, 5) is 3.78. The van der Waals surface area contributed by atoms with Gasteiger partial charge in [-0.05, 0) is 24.3 Å². The van der Waals surface area contributed by atoms with Gasteiger partial charge in [0.05, 0.1) is 16.3 Å². The highest BCUT2D eigenvalue weighted by Crippen LogP contribution is 2.46. The molecule has 0 saturated carbocycles. The van der Waals surface area contributed by atoms with Gasteiger partial charge in [0.25, 0.3) is 0 Å². The zero-order valence-electron chi connectivity index (χ0n) is 8.94. The van der Waals surface area contributed by atoms with Gasteiger partial charge in [-0.2, -0.15) is 5.10 Å². The summed E-state index contributed by atoms with van der Waals surface area (Å²) in [6.07, 6.45) is 2.58. The second kappa shape index (κ2) is 3.10. The van der Waals surface area contributed by atoms with Crippen LogP contribution >= 0.6 is 11.3 Å². The molecule has 3 aliphatic heterocycles. The summed E-state index contributed by atoms with van der Waals surface area (Å²) in [5.41, 5.74) is 3.92. The number of nitrogens with zero attached hydrogens (tertiary/aromatic N) is 2. The van der Waals surface area contributed by atoms with E-state index in [1.54, 1.807) is 11.3 Å². The third kappa shape index (κ3) is 1.05. The minimum Gasteiger partial charge on any atom is -0.368 e. The van der Waals surface area contributed by atoms with Crippen LogP contribution in [0.15, 0.2) is 17.5 Å². The molecule has 0 aromatic carbocycles. The van der Waals surface area contributed by atoms with Crippen molar-refractivity contribution in [1.82, 2.24) is 10.2 Å². The Balaban J connectivity index is 1.92. The average Bonchev–Trinajstić information content (AvgIpc) is 3.00. The van der Waals surface area contributed by atoms with Crippen molar-refractivity contribution < 1.29 is 0 Å². The molecule has 1 saturated heterocycles. The van der Waals surface area contributed by atoms with Crippen LogP contribution in [0.3, 0.4) is 0 Å². The summed E-state index contributed by atoms with van der Waals surface area (Å²) in [6.45, 7) is 2.41. The molecule has 5 rings (SSSR count). The number of H-pyrrole nitrogens is 1. The molecule has 1 N–H and O–H groups in total. The van der Waals surface area contributed by atoms with Crippen molar-refractivity contribution in [2.24, 2.45) is 0 Å². The molecule has 0 radical (unpaired) electrons. The normalized spacial score (nSPS) is 19.1. The first-order valence-corrected chi connectivity index (χ1v) is 6.68. The number of aromatic nitrogens is 2. The maximum atomic E-state index is 4.52. The molecular formula is C12H13N3S. The van der Waals surface area contributed by atoms with E-state index >= 15 is 0 Å². The van der Waals surface area contributed by atoms with Gasteiger partial charge < -0.3 is 4.90 Å². The number of anilines is 1. The van der Waals surface area contributed by atoms with Gasteiger partial charge in [-0.1, -0.05) is 6.07 Å². The van der Waals surface area contributed by atoms with Gasteiger partial charge >= 0.3 is 0 Å². The van der Waals surface area contributed by atoms with E-state index in [4.69, 9.17) is 0 Å². The van der Waals surface area contributed by atoms with Crippen molar-refractivity contribution in [3.63, 3.8) is 0 Å². The van der Waals surface area contributed by atoms with Gasteiger partial charge in [0.15, 0.2) is 0 Å². The predicted octanol–water partition coefficient (Wildman–Crippen LogP) is 2.84. The maximum absolute atomic E-state index is 4.52. The van der Waals surface area contributed by atoms with Gasteiger partial charge in [-0.25, -0.2) is 0 Å². The van der Waals surface area contributed by atoms with Crippen molar-refractivity contribution in [2.45, 2.75) is 18.8 Å². The fourth-order valence-electron chi connectivity index (χ4n) is 2.93. The number of rotatable bonds is 1. The van der Waals surface area contributed by atoms with Crippen molar-refractivity contribution in [3.05, 3.63) is 23.2 Å².